The Hall–Kier alpha value is 0.0200. The van der Waals surface area contributed by atoms with Crippen molar-refractivity contribution in [2.24, 2.45) is 5.92 Å². The minimum Gasteiger partial charge on any atom is -0.373 e. The molecule has 0 radical (unpaired) electrons. The molecule has 3 nitrogen and oxygen atoms in total. The van der Waals surface area contributed by atoms with Crippen LogP contribution in [0.2, 0.25) is 0 Å². The Balaban J connectivity index is 4.11. The first-order chi connectivity index (χ1) is 7.94. The molecule has 0 aliphatic carbocycles. The summed E-state index contributed by atoms with van der Waals surface area (Å²) in [6.45, 7) is 16.7. The first-order valence-corrected chi connectivity index (χ1v) is 7.90. The van der Waals surface area contributed by atoms with Gasteiger partial charge in [-0.15, -0.1) is 4.52 Å². The molecule has 2 atom stereocenters. The summed E-state index contributed by atoms with van der Waals surface area (Å²) in [5.41, 5.74) is -0.154. The maximum absolute atomic E-state index is 11.8. The molecule has 0 bridgehead atoms. The molecule has 0 spiro atoms. The molecule has 0 aliphatic rings. The normalized spacial score (nSPS) is 15.9. The lowest BCUT2D eigenvalue weighted by molar-refractivity contribution is -0.0587. The quantitative estimate of drug-likeness (QED) is 0.628. The zero-order valence-corrected chi connectivity index (χ0v) is 14.1. The molecule has 0 fully saturated rings. The van der Waals surface area contributed by atoms with Gasteiger partial charge >= 0.3 is 8.03 Å². The van der Waals surface area contributed by atoms with Gasteiger partial charge in [-0.05, 0) is 58.4 Å². The second-order valence-electron chi connectivity index (χ2n) is 7.01. The molecule has 0 saturated heterocycles. The molecule has 0 aromatic rings. The van der Waals surface area contributed by atoms with Gasteiger partial charge in [-0.3, -0.25) is 0 Å². The number of hydrogen-bond donors (Lipinski definition) is 0. The summed E-state index contributed by atoms with van der Waals surface area (Å²) in [6.07, 6.45) is 0.866. The first kappa shape index (κ1) is 18.0. The molecular weight excluding hydrogens is 247 g/mol. The van der Waals surface area contributed by atoms with Gasteiger partial charge in [0.05, 0.1) is 12.2 Å². The molecule has 0 N–H and O–H groups in total. The summed E-state index contributed by atoms with van der Waals surface area (Å²) in [7, 11) is -1.66. The molecule has 0 saturated carbocycles. The smallest absolute Gasteiger partial charge is 0.373 e. The van der Waals surface area contributed by atoms with Crippen LogP contribution in [0.5, 0.6) is 0 Å². The van der Waals surface area contributed by atoms with Gasteiger partial charge in [-0.1, -0.05) is 13.8 Å². The lowest BCUT2D eigenvalue weighted by Crippen LogP contribution is -2.30. The zero-order chi connectivity index (χ0) is 14.6. The highest BCUT2D eigenvalue weighted by Crippen LogP contribution is 2.40. The summed E-state index contributed by atoms with van der Waals surface area (Å²) in [4.78, 5) is 0. The number of hydrogen-bond acceptors (Lipinski definition) is 3. The van der Waals surface area contributed by atoms with Crippen LogP contribution in [0.1, 0.15) is 61.8 Å². The van der Waals surface area contributed by atoms with Crippen molar-refractivity contribution in [1.82, 2.24) is 0 Å². The summed E-state index contributed by atoms with van der Waals surface area (Å²) in [6, 6.07) is 0. The van der Waals surface area contributed by atoms with E-state index in [2.05, 4.69) is 27.7 Å². The zero-order valence-electron chi connectivity index (χ0n) is 13.2. The standard InChI is InChI=1S/C14H30O3P/c1-11(2)9-14(7,8)16-10-12(3)17-18(15)13(4,5)6/h11-12H,9-10H2,1-8H3/q+1. The Morgan fingerprint density at radius 2 is 1.56 bits per heavy atom. The fraction of sp³-hybridized carbons (Fsp3) is 1.00. The number of rotatable bonds is 7. The lowest BCUT2D eigenvalue weighted by atomic mass is 9.96. The summed E-state index contributed by atoms with van der Waals surface area (Å²) in [5, 5.41) is -0.308. The van der Waals surface area contributed by atoms with Crippen LogP contribution >= 0.6 is 8.03 Å². The monoisotopic (exact) mass is 277 g/mol. The average Bonchev–Trinajstić information content (AvgIpc) is 2.11. The van der Waals surface area contributed by atoms with E-state index in [0.717, 1.165) is 6.42 Å². The topological polar surface area (TPSA) is 35.5 Å². The number of ether oxygens (including phenoxy) is 1. The average molecular weight is 277 g/mol. The van der Waals surface area contributed by atoms with Crippen molar-refractivity contribution in [3.63, 3.8) is 0 Å². The van der Waals surface area contributed by atoms with Crippen LogP contribution in [0.3, 0.4) is 0 Å². The van der Waals surface area contributed by atoms with Crippen molar-refractivity contribution in [3.8, 4) is 0 Å². The predicted octanol–water partition coefficient (Wildman–Crippen LogP) is 4.77. The van der Waals surface area contributed by atoms with Crippen LogP contribution in [0.25, 0.3) is 0 Å². The Bertz CT molecular complexity index is 267. The van der Waals surface area contributed by atoms with E-state index in [1.165, 1.54) is 0 Å². The second kappa shape index (κ2) is 6.98. The molecule has 108 valence electrons. The van der Waals surface area contributed by atoms with Gasteiger partial charge in [0.1, 0.15) is 6.10 Å². The highest BCUT2D eigenvalue weighted by molar-refractivity contribution is 7.41. The molecular formula is C14H30O3P+. The fourth-order valence-electron chi connectivity index (χ4n) is 1.74. The van der Waals surface area contributed by atoms with E-state index < -0.39 is 8.03 Å². The molecule has 0 rings (SSSR count). The van der Waals surface area contributed by atoms with Crippen molar-refractivity contribution >= 4 is 8.03 Å². The fourth-order valence-corrected chi connectivity index (χ4v) is 2.44. The molecule has 0 aliphatic heterocycles. The Kier molecular flexibility index (Phi) is 6.99. The minimum absolute atomic E-state index is 0.140. The second-order valence-corrected chi connectivity index (χ2v) is 9.08. The first-order valence-electron chi connectivity index (χ1n) is 6.72. The van der Waals surface area contributed by atoms with Crippen molar-refractivity contribution in [1.29, 1.82) is 0 Å². The third kappa shape index (κ3) is 8.18. The van der Waals surface area contributed by atoms with E-state index in [0.29, 0.717) is 12.5 Å². The van der Waals surface area contributed by atoms with Gasteiger partial charge in [0, 0.05) is 0 Å². The summed E-state index contributed by atoms with van der Waals surface area (Å²) < 4.78 is 23.2. The van der Waals surface area contributed by atoms with E-state index in [1.807, 2.05) is 27.7 Å². The maximum atomic E-state index is 11.8. The van der Waals surface area contributed by atoms with Crippen LogP contribution in [0.15, 0.2) is 0 Å². The van der Waals surface area contributed by atoms with Crippen LogP contribution < -0.4 is 0 Å². The molecule has 0 aromatic heterocycles. The minimum atomic E-state index is -1.66. The van der Waals surface area contributed by atoms with Crippen LogP contribution in [-0.2, 0) is 13.8 Å². The third-order valence-corrected chi connectivity index (χ3v) is 4.08. The highest BCUT2D eigenvalue weighted by Gasteiger charge is 2.38. The van der Waals surface area contributed by atoms with Crippen LogP contribution in [0.4, 0.5) is 0 Å². The van der Waals surface area contributed by atoms with Gasteiger partial charge in [-0.2, -0.15) is 0 Å². The van der Waals surface area contributed by atoms with Gasteiger partial charge in [0.15, 0.2) is 5.16 Å². The lowest BCUT2D eigenvalue weighted by Gasteiger charge is -2.28. The molecule has 0 heterocycles. The maximum Gasteiger partial charge on any atom is 0.513 e. The van der Waals surface area contributed by atoms with Crippen LogP contribution in [-0.4, -0.2) is 23.5 Å². The Morgan fingerprint density at radius 3 is 1.94 bits per heavy atom. The van der Waals surface area contributed by atoms with Gasteiger partial charge < -0.3 is 4.74 Å². The summed E-state index contributed by atoms with van der Waals surface area (Å²) >= 11 is 0. The molecule has 18 heavy (non-hydrogen) atoms. The van der Waals surface area contributed by atoms with E-state index in [4.69, 9.17) is 9.26 Å². The largest absolute Gasteiger partial charge is 0.513 e. The van der Waals surface area contributed by atoms with Crippen molar-refractivity contribution < 1.29 is 13.8 Å². The van der Waals surface area contributed by atoms with Crippen molar-refractivity contribution in [2.45, 2.75) is 78.7 Å². The predicted molar refractivity (Wildman–Crippen MR) is 77.4 cm³/mol. The third-order valence-electron chi connectivity index (χ3n) is 2.43. The van der Waals surface area contributed by atoms with Crippen molar-refractivity contribution in [3.05, 3.63) is 0 Å². The van der Waals surface area contributed by atoms with E-state index in [1.54, 1.807) is 0 Å². The molecule has 2 unspecified atom stereocenters. The molecule has 0 aromatic carbocycles. The van der Waals surface area contributed by atoms with Gasteiger partial charge in [-0.25, -0.2) is 0 Å². The van der Waals surface area contributed by atoms with Gasteiger partial charge in [0.2, 0.25) is 0 Å². The SMILES string of the molecule is CC(C)CC(C)(C)OCC(C)O[P+](=O)C(C)(C)C. The van der Waals surface area contributed by atoms with Crippen LogP contribution in [0, 0.1) is 5.92 Å². The Labute approximate surface area is 114 Å². The molecule has 0 amide bonds. The van der Waals surface area contributed by atoms with E-state index in [9.17, 15) is 4.57 Å². The van der Waals surface area contributed by atoms with E-state index in [-0.39, 0.29) is 16.9 Å². The van der Waals surface area contributed by atoms with E-state index >= 15 is 0 Å². The summed E-state index contributed by atoms with van der Waals surface area (Å²) in [5.74, 6) is 0.599. The highest BCUT2D eigenvalue weighted by atomic mass is 31.1. The van der Waals surface area contributed by atoms with Gasteiger partial charge in [0.25, 0.3) is 0 Å². The molecule has 4 heteroatoms. The Morgan fingerprint density at radius 1 is 1.06 bits per heavy atom. The van der Waals surface area contributed by atoms with Crippen molar-refractivity contribution in [2.75, 3.05) is 6.61 Å².